The average molecular weight is 303 g/mol. The van der Waals surface area contributed by atoms with Crippen LogP contribution in [0.5, 0.6) is 0 Å². The van der Waals surface area contributed by atoms with Gasteiger partial charge in [-0.3, -0.25) is 14.9 Å². The highest BCUT2D eigenvalue weighted by Gasteiger charge is 2.29. The van der Waals surface area contributed by atoms with Crippen LogP contribution >= 0.6 is 0 Å². The molecule has 0 bridgehead atoms. The summed E-state index contributed by atoms with van der Waals surface area (Å²) >= 11 is 0. The Morgan fingerprint density at radius 2 is 2.18 bits per heavy atom. The largest absolute Gasteiger partial charge is 0.326 e. The van der Waals surface area contributed by atoms with E-state index in [1.54, 1.807) is 11.6 Å². The van der Waals surface area contributed by atoms with E-state index in [0.29, 0.717) is 24.0 Å². The molecule has 2 N–H and O–H groups in total. The van der Waals surface area contributed by atoms with Crippen LogP contribution in [0.15, 0.2) is 24.3 Å². The molecule has 0 radical (unpaired) electrons. The Hall–Kier alpha value is -2.77. The predicted molar refractivity (Wildman–Crippen MR) is 76.5 cm³/mol. The van der Waals surface area contributed by atoms with E-state index in [2.05, 4.69) is 20.7 Å². The fourth-order valence-electron chi connectivity index (χ4n) is 2.31. The van der Waals surface area contributed by atoms with Crippen LogP contribution in [0.3, 0.4) is 0 Å². The summed E-state index contributed by atoms with van der Waals surface area (Å²) in [5.74, 6) is -0.501. The topological polar surface area (TPSA) is 88.9 Å². The van der Waals surface area contributed by atoms with Crippen LogP contribution in [0.2, 0.25) is 0 Å². The molecule has 7 nitrogen and oxygen atoms in total. The molecule has 0 aliphatic carbocycles. The minimum Gasteiger partial charge on any atom is -0.326 e. The van der Waals surface area contributed by atoms with Gasteiger partial charge in [-0.25, -0.2) is 9.07 Å². The Morgan fingerprint density at radius 3 is 2.91 bits per heavy atom. The van der Waals surface area contributed by atoms with Crippen molar-refractivity contribution in [2.75, 3.05) is 10.6 Å². The molecule has 1 atom stereocenters. The van der Waals surface area contributed by atoms with Gasteiger partial charge >= 0.3 is 0 Å². The summed E-state index contributed by atoms with van der Waals surface area (Å²) in [5, 5.41) is 9.42. The molecule has 2 amide bonds. The quantitative estimate of drug-likeness (QED) is 0.895. The number of hydrogen-bond acceptors (Lipinski definition) is 4. The van der Waals surface area contributed by atoms with Crippen molar-refractivity contribution >= 4 is 23.5 Å². The second-order valence-corrected chi connectivity index (χ2v) is 5.11. The number of halogens is 1. The molecule has 1 aromatic carbocycles. The first-order valence-electron chi connectivity index (χ1n) is 6.79. The zero-order valence-electron chi connectivity index (χ0n) is 11.8. The second-order valence-electron chi connectivity index (χ2n) is 5.11. The number of nitrogens with one attached hydrogen (secondary N) is 2. The summed E-state index contributed by atoms with van der Waals surface area (Å²) in [4.78, 5) is 28.1. The maximum atomic E-state index is 12.8. The van der Waals surface area contributed by atoms with Crippen molar-refractivity contribution in [2.45, 2.75) is 19.9 Å². The van der Waals surface area contributed by atoms with Crippen molar-refractivity contribution in [3.05, 3.63) is 35.9 Å². The number of aryl methyl sites for hydroxylation is 1. The number of anilines is 2. The second kappa shape index (κ2) is 5.55. The first-order chi connectivity index (χ1) is 10.5. The van der Waals surface area contributed by atoms with Crippen molar-refractivity contribution in [1.29, 1.82) is 0 Å². The third-order valence-corrected chi connectivity index (χ3v) is 3.34. The zero-order valence-corrected chi connectivity index (χ0v) is 11.8. The van der Waals surface area contributed by atoms with Gasteiger partial charge in [0.05, 0.1) is 12.5 Å². The fourth-order valence-corrected chi connectivity index (χ4v) is 2.31. The molecule has 2 aromatic rings. The summed E-state index contributed by atoms with van der Waals surface area (Å²) < 4.78 is 14.4. The molecule has 22 heavy (non-hydrogen) atoms. The van der Waals surface area contributed by atoms with Crippen LogP contribution in [-0.2, 0) is 16.1 Å². The lowest BCUT2D eigenvalue weighted by atomic mass is 10.0. The van der Waals surface area contributed by atoms with Crippen LogP contribution in [0.25, 0.3) is 0 Å². The van der Waals surface area contributed by atoms with Crippen molar-refractivity contribution < 1.29 is 14.0 Å². The van der Waals surface area contributed by atoms with E-state index in [-0.39, 0.29) is 24.1 Å². The molecule has 0 unspecified atom stereocenters. The fraction of sp³-hybridized carbons (Fsp3) is 0.286. The number of amides is 2. The highest BCUT2D eigenvalue weighted by atomic mass is 19.1. The van der Waals surface area contributed by atoms with E-state index in [1.807, 2.05) is 0 Å². The highest BCUT2D eigenvalue weighted by Crippen LogP contribution is 2.20. The molecule has 0 spiro atoms. The van der Waals surface area contributed by atoms with Crippen molar-refractivity contribution in [3.8, 4) is 0 Å². The van der Waals surface area contributed by atoms with Gasteiger partial charge < -0.3 is 5.32 Å². The smallest absolute Gasteiger partial charge is 0.232 e. The van der Waals surface area contributed by atoms with Crippen LogP contribution < -0.4 is 10.6 Å². The Kier molecular flexibility index (Phi) is 3.58. The molecule has 0 fully saturated rings. The summed E-state index contributed by atoms with van der Waals surface area (Å²) in [6.07, 6.45) is 0.0154. The zero-order chi connectivity index (χ0) is 15.7. The van der Waals surface area contributed by atoms with Gasteiger partial charge in [0.1, 0.15) is 11.6 Å². The number of fused-ring (bicyclic) bond motifs is 1. The van der Waals surface area contributed by atoms with Crippen LogP contribution in [0, 0.1) is 18.7 Å². The monoisotopic (exact) mass is 303 g/mol. The van der Waals surface area contributed by atoms with E-state index >= 15 is 0 Å². The van der Waals surface area contributed by atoms with Crippen molar-refractivity contribution in [2.24, 2.45) is 5.92 Å². The Labute approximate surface area is 125 Å². The molecule has 1 aromatic heterocycles. The van der Waals surface area contributed by atoms with Gasteiger partial charge in [0.25, 0.3) is 0 Å². The maximum absolute atomic E-state index is 12.8. The number of carbonyl (C=O) groups is 2. The van der Waals surface area contributed by atoms with Gasteiger partial charge in [0, 0.05) is 12.1 Å². The first kappa shape index (κ1) is 14.2. The van der Waals surface area contributed by atoms with Gasteiger partial charge in [0.15, 0.2) is 0 Å². The molecular formula is C14H14FN5O2. The Balaban J connectivity index is 1.64. The van der Waals surface area contributed by atoms with Crippen molar-refractivity contribution in [3.63, 3.8) is 0 Å². The average Bonchev–Trinajstić information content (AvgIpc) is 2.81. The van der Waals surface area contributed by atoms with E-state index in [1.165, 1.54) is 24.3 Å². The van der Waals surface area contributed by atoms with Crippen molar-refractivity contribution in [1.82, 2.24) is 14.8 Å². The van der Waals surface area contributed by atoms with Gasteiger partial charge in [0.2, 0.25) is 17.8 Å². The third-order valence-electron chi connectivity index (χ3n) is 3.34. The standard InChI is InChI=1S/C14H14FN5O2/c1-8-16-14-18-13(22)9(7-20(14)19-8)6-12(21)17-11-4-2-10(15)3-5-11/h2-5,9H,6-7H2,1H3,(H,17,21)(H,16,18,19,22)/t9-/m1/s1. The molecule has 1 aliphatic rings. The van der Waals surface area contributed by atoms with Crippen LogP contribution in [0.1, 0.15) is 12.2 Å². The van der Waals surface area contributed by atoms with Crippen LogP contribution in [-0.4, -0.2) is 26.6 Å². The normalized spacial score (nSPS) is 16.8. The summed E-state index contributed by atoms with van der Waals surface area (Å²) in [6, 6.07) is 5.45. The highest BCUT2D eigenvalue weighted by molar-refractivity contribution is 5.98. The van der Waals surface area contributed by atoms with Gasteiger partial charge in [-0.05, 0) is 31.2 Å². The summed E-state index contributed by atoms with van der Waals surface area (Å²) in [7, 11) is 0. The number of carbonyl (C=O) groups excluding carboxylic acids is 2. The molecule has 0 saturated heterocycles. The predicted octanol–water partition coefficient (Wildman–Crippen LogP) is 1.32. The number of aromatic nitrogens is 3. The third kappa shape index (κ3) is 2.95. The number of hydrogen-bond donors (Lipinski definition) is 2. The lowest BCUT2D eigenvalue weighted by molar-refractivity contribution is -0.125. The van der Waals surface area contributed by atoms with E-state index in [0.717, 1.165) is 0 Å². The molecule has 0 saturated carbocycles. The van der Waals surface area contributed by atoms with Gasteiger partial charge in [-0.2, -0.15) is 10.1 Å². The molecule has 1 aliphatic heterocycles. The molecule has 3 rings (SSSR count). The minimum absolute atomic E-state index is 0.0154. The van der Waals surface area contributed by atoms with E-state index in [4.69, 9.17) is 0 Å². The van der Waals surface area contributed by atoms with Gasteiger partial charge in [-0.15, -0.1) is 0 Å². The van der Waals surface area contributed by atoms with Crippen LogP contribution in [0.4, 0.5) is 16.0 Å². The van der Waals surface area contributed by atoms with E-state index in [9.17, 15) is 14.0 Å². The SMILES string of the molecule is Cc1nc2n(n1)C[C@@H](CC(=O)Nc1ccc(F)cc1)C(=O)N2. The number of nitrogens with zero attached hydrogens (tertiary/aromatic N) is 3. The minimum atomic E-state index is -0.519. The molecule has 114 valence electrons. The van der Waals surface area contributed by atoms with E-state index < -0.39 is 5.92 Å². The maximum Gasteiger partial charge on any atom is 0.232 e. The van der Waals surface area contributed by atoms with Gasteiger partial charge in [-0.1, -0.05) is 0 Å². The Morgan fingerprint density at radius 1 is 1.45 bits per heavy atom. The molecule has 8 heteroatoms. The first-order valence-corrected chi connectivity index (χ1v) is 6.79. The molecular weight excluding hydrogens is 289 g/mol. The summed E-state index contributed by atoms with van der Waals surface area (Å²) in [5.41, 5.74) is 0.486. The number of benzene rings is 1. The Bertz CT molecular complexity index is 725. The molecule has 2 heterocycles. The lowest BCUT2D eigenvalue weighted by Crippen LogP contribution is -2.36. The lowest BCUT2D eigenvalue weighted by Gasteiger charge is -2.21. The summed E-state index contributed by atoms with van der Waals surface area (Å²) in [6.45, 7) is 2.03. The number of rotatable bonds is 3.